The van der Waals surface area contributed by atoms with E-state index >= 15 is 0 Å². The summed E-state index contributed by atoms with van der Waals surface area (Å²) in [6.45, 7) is 2.15. The van der Waals surface area contributed by atoms with E-state index < -0.39 is 27.8 Å². The topological polar surface area (TPSA) is 83.6 Å². The number of anilines is 1. The first-order chi connectivity index (χ1) is 19.4. The van der Waals surface area contributed by atoms with Gasteiger partial charge in [-0.1, -0.05) is 103 Å². The van der Waals surface area contributed by atoms with Gasteiger partial charge in [-0.15, -0.1) is 0 Å². The molecule has 2 amide bonds. The van der Waals surface area contributed by atoms with E-state index in [9.17, 15) is 18.0 Å². The molecule has 0 aromatic heterocycles. The smallest absolute Gasteiger partial charge is 0.257 e. The van der Waals surface area contributed by atoms with Crippen molar-refractivity contribution in [1.82, 2.24) is 4.72 Å². The van der Waals surface area contributed by atoms with Gasteiger partial charge in [0.2, 0.25) is 11.8 Å². The Balaban J connectivity index is 1.57. The van der Waals surface area contributed by atoms with Crippen molar-refractivity contribution in [2.24, 2.45) is 5.92 Å². The van der Waals surface area contributed by atoms with Crippen LogP contribution in [0.2, 0.25) is 0 Å². The highest BCUT2D eigenvalue weighted by Crippen LogP contribution is 2.23. The second-order valence-electron chi connectivity index (χ2n) is 9.30. The lowest BCUT2D eigenvalue weighted by Gasteiger charge is -2.26. The minimum absolute atomic E-state index is 0.143. The van der Waals surface area contributed by atoms with Crippen LogP contribution in [0, 0.1) is 5.92 Å². The summed E-state index contributed by atoms with van der Waals surface area (Å²) in [5.74, 6) is -2.51. The molecule has 1 N–H and O–H groups in total. The summed E-state index contributed by atoms with van der Waals surface area (Å²) in [6.07, 6.45) is 1.96. The molecule has 0 heterocycles. The maximum Gasteiger partial charge on any atom is 0.257 e. The second kappa shape index (κ2) is 13.5. The molecule has 0 aliphatic carbocycles. The summed E-state index contributed by atoms with van der Waals surface area (Å²) < 4.78 is 27.7. The molecule has 4 aromatic rings. The third-order valence-corrected chi connectivity index (χ3v) is 7.48. The number of para-hydroxylation sites is 1. The van der Waals surface area contributed by atoms with E-state index in [2.05, 4.69) is 4.72 Å². The summed E-state index contributed by atoms with van der Waals surface area (Å²) in [6, 6.07) is 35.8. The largest absolute Gasteiger partial charge is 0.312 e. The van der Waals surface area contributed by atoms with Gasteiger partial charge in [0.15, 0.2) is 0 Å². The van der Waals surface area contributed by atoms with E-state index in [0.717, 1.165) is 22.1 Å². The molecule has 0 fully saturated rings. The van der Waals surface area contributed by atoms with Crippen LogP contribution in [0.3, 0.4) is 0 Å². The number of hydrogen-bond donors (Lipinski definition) is 1. The van der Waals surface area contributed by atoms with Gasteiger partial charge in [-0.3, -0.25) is 9.59 Å². The van der Waals surface area contributed by atoms with Gasteiger partial charge in [-0.25, -0.2) is 13.1 Å². The lowest BCUT2D eigenvalue weighted by molar-refractivity contribution is -0.132. The number of hydrogen-bond acceptors (Lipinski definition) is 4. The Hall–Kier alpha value is -4.49. The molecular formula is C33H32N2O4S. The number of carbonyl (C=O) groups excluding carboxylic acids is 2. The summed E-state index contributed by atoms with van der Waals surface area (Å²) in [5.41, 5.74) is 4.35. The first kappa shape index (κ1) is 28.5. The molecule has 6 nitrogen and oxygen atoms in total. The van der Waals surface area contributed by atoms with Crippen LogP contribution in [-0.2, 0) is 26.0 Å². The zero-order chi connectivity index (χ0) is 28.4. The standard InChI is InChI=1S/C33H32N2O4S/c1-2-35(30-19-10-5-11-20-30)33(37)31(32(36)34-40(38,39)24-23-26-13-6-3-7-14-26)22-21-27-15-12-18-29(25-27)28-16-8-4-9-17-28/h3-20,23-25,31H,2,21-22H2,1H3,(H,34,36). The minimum atomic E-state index is -4.13. The van der Waals surface area contributed by atoms with Crippen molar-refractivity contribution in [3.8, 4) is 11.1 Å². The average Bonchev–Trinajstić information content (AvgIpc) is 2.98. The fourth-order valence-electron chi connectivity index (χ4n) is 4.45. The maximum atomic E-state index is 13.7. The Morgan fingerprint density at radius 1 is 0.800 bits per heavy atom. The van der Waals surface area contributed by atoms with Gasteiger partial charge in [0, 0.05) is 12.2 Å². The fraction of sp³-hybridized carbons (Fsp3) is 0.152. The molecule has 0 spiro atoms. The van der Waals surface area contributed by atoms with Crippen molar-refractivity contribution >= 4 is 33.6 Å². The van der Waals surface area contributed by atoms with Crippen molar-refractivity contribution < 1.29 is 18.0 Å². The number of nitrogens with one attached hydrogen (secondary N) is 1. The number of nitrogens with zero attached hydrogens (tertiary/aromatic N) is 1. The Morgan fingerprint density at radius 2 is 1.40 bits per heavy atom. The van der Waals surface area contributed by atoms with Gasteiger partial charge in [0.25, 0.3) is 10.0 Å². The van der Waals surface area contributed by atoms with Gasteiger partial charge in [0.05, 0.1) is 5.41 Å². The summed E-state index contributed by atoms with van der Waals surface area (Å²) >= 11 is 0. The molecule has 0 aliphatic heterocycles. The van der Waals surface area contributed by atoms with Crippen molar-refractivity contribution in [2.75, 3.05) is 11.4 Å². The van der Waals surface area contributed by atoms with E-state index in [1.807, 2.05) is 85.8 Å². The molecule has 1 unspecified atom stereocenters. The number of carbonyl (C=O) groups is 2. The molecule has 0 radical (unpaired) electrons. The fourth-order valence-corrected chi connectivity index (χ4v) is 5.28. The normalized spacial score (nSPS) is 12.1. The Labute approximate surface area is 236 Å². The van der Waals surface area contributed by atoms with Crippen molar-refractivity contribution in [3.63, 3.8) is 0 Å². The predicted octanol–water partition coefficient (Wildman–Crippen LogP) is 6.07. The maximum absolute atomic E-state index is 13.7. The average molecular weight is 553 g/mol. The number of sulfonamides is 1. The lowest BCUT2D eigenvalue weighted by Crippen LogP contribution is -2.45. The first-order valence-electron chi connectivity index (χ1n) is 13.2. The number of rotatable bonds is 11. The first-order valence-corrected chi connectivity index (χ1v) is 14.7. The summed E-state index contributed by atoms with van der Waals surface area (Å²) in [7, 11) is -4.13. The van der Waals surface area contributed by atoms with Crippen LogP contribution in [0.15, 0.2) is 121 Å². The molecule has 4 rings (SSSR count). The van der Waals surface area contributed by atoms with Gasteiger partial charge in [-0.05, 0) is 60.2 Å². The quantitative estimate of drug-likeness (QED) is 0.229. The molecule has 1 atom stereocenters. The van der Waals surface area contributed by atoms with E-state index in [0.29, 0.717) is 24.2 Å². The minimum Gasteiger partial charge on any atom is -0.312 e. The van der Waals surface area contributed by atoms with Crippen LogP contribution >= 0.6 is 0 Å². The molecule has 0 saturated heterocycles. The van der Waals surface area contributed by atoms with Crippen molar-refractivity contribution in [3.05, 3.63) is 132 Å². The van der Waals surface area contributed by atoms with Gasteiger partial charge < -0.3 is 4.90 Å². The predicted molar refractivity (Wildman–Crippen MR) is 161 cm³/mol. The molecular weight excluding hydrogens is 520 g/mol. The number of benzene rings is 4. The summed E-state index contributed by atoms with van der Waals surface area (Å²) in [4.78, 5) is 28.7. The van der Waals surface area contributed by atoms with Crippen molar-refractivity contribution in [2.45, 2.75) is 19.8 Å². The van der Waals surface area contributed by atoms with E-state index in [4.69, 9.17) is 0 Å². The molecule has 0 saturated carbocycles. The summed E-state index contributed by atoms with van der Waals surface area (Å²) in [5, 5.41) is 0.944. The highest BCUT2D eigenvalue weighted by molar-refractivity contribution is 7.93. The zero-order valence-corrected chi connectivity index (χ0v) is 23.1. The third-order valence-electron chi connectivity index (χ3n) is 6.50. The highest BCUT2D eigenvalue weighted by atomic mass is 32.2. The Morgan fingerprint density at radius 3 is 2.05 bits per heavy atom. The van der Waals surface area contributed by atoms with Crippen LogP contribution in [0.4, 0.5) is 5.69 Å². The highest BCUT2D eigenvalue weighted by Gasteiger charge is 2.32. The monoisotopic (exact) mass is 552 g/mol. The van der Waals surface area contributed by atoms with Crippen LogP contribution < -0.4 is 9.62 Å². The van der Waals surface area contributed by atoms with E-state index in [-0.39, 0.29) is 6.42 Å². The van der Waals surface area contributed by atoms with Crippen LogP contribution in [0.1, 0.15) is 24.5 Å². The molecule has 204 valence electrons. The molecule has 4 aromatic carbocycles. The van der Waals surface area contributed by atoms with Crippen LogP contribution in [-0.4, -0.2) is 26.8 Å². The molecule has 0 bridgehead atoms. The molecule has 0 aliphatic rings. The number of amides is 2. The van der Waals surface area contributed by atoms with Gasteiger partial charge in [-0.2, -0.15) is 0 Å². The van der Waals surface area contributed by atoms with Crippen molar-refractivity contribution in [1.29, 1.82) is 0 Å². The third kappa shape index (κ3) is 7.77. The zero-order valence-electron chi connectivity index (χ0n) is 22.3. The van der Waals surface area contributed by atoms with Gasteiger partial charge >= 0.3 is 0 Å². The van der Waals surface area contributed by atoms with E-state index in [1.165, 1.54) is 11.0 Å². The van der Waals surface area contributed by atoms with Gasteiger partial charge in [0.1, 0.15) is 5.92 Å². The lowest BCUT2D eigenvalue weighted by atomic mass is 9.95. The van der Waals surface area contributed by atoms with Crippen LogP contribution in [0.25, 0.3) is 17.2 Å². The SMILES string of the molecule is CCN(C(=O)C(CCc1cccc(-c2ccccc2)c1)C(=O)NS(=O)(=O)C=Cc1ccccc1)c1ccccc1. The van der Waals surface area contributed by atoms with Crippen LogP contribution in [0.5, 0.6) is 0 Å². The molecule has 7 heteroatoms. The Kier molecular flexibility index (Phi) is 9.65. The molecule has 40 heavy (non-hydrogen) atoms. The van der Waals surface area contributed by atoms with E-state index in [1.54, 1.807) is 36.4 Å². The Bertz CT molecular complexity index is 1550. The second-order valence-corrected chi connectivity index (χ2v) is 10.9. The number of aryl methyl sites for hydroxylation is 1.